The predicted molar refractivity (Wildman–Crippen MR) is 85.7 cm³/mol. The number of hydrogen-bond donors (Lipinski definition) is 1. The van der Waals surface area contributed by atoms with Crippen LogP contribution in [0.15, 0.2) is 16.5 Å². The van der Waals surface area contributed by atoms with Gasteiger partial charge >= 0.3 is 0 Å². The zero-order chi connectivity index (χ0) is 15.3. The van der Waals surface area contributed by atoms with E-state index in [0.717, 1.165) is 30.5 Å². The Balaban J connectivity index is 2.47. The van der Waals surface area contributed by atoms with Gasteiger partial charge in [0, 0.05) is 11.6 Å². The highest BCUT2D eigenvalue weighted by Gasteiger charge is 2.14. The minimum Gasteiger partial charge on any atom is -0.463 e. The molecule has 0 aromatic carbocycles. The summed E-state index contributed by atoms with van der Waals surface area (Å²) in [6, 6.07) is 4.75. The Morgan fingerprint density at radius 1 is 1.15 bits per heavy atom. The van der Waals surface area contributed by atoms with Crippen LogP contribution in [0.4, 0.5) is 0 Å². The molecule has 0 radical (unpaired) electrons. The van der Waals surface area contributed by atoms with Gasteiger partial charge in [0.1, 0.15) is 11.5 Å². The second kappa shape index (κ2) is 7.28. The molecule has 0 fully saturated rings. The Labute approximate surface area is 124 Å². The Morgan fingerprint density at radius 2 is 1.75 bits per heavy atom. The van der Waals surface area contributed by atoms with Crippen molar-refractivity contribution in [3.63, 3.8) is 0 Å². The average molecular weight is 280 g/mol. The van der Waals surface area contributed by atoms with Crippen molar-refractivity contribution >= 4 is 0 Å². The van der Waals surface area contributed by atoms with Gasteiger partial charge in [0.25, 0.3) is 0 Å². The lowest BCUT2D eigenvalue weighted by Crippen LogP contribution is -2.34. The van der Waals surface area contributed by atoms with Crippen molar-refractivity contribution in [1.82, 2.24) is 10.2 Å². The van der Waals surface area contributed by atoms with E-state index in [9.17, 15) is 0 Å². The molecule has 1 unspecified atom stereocenters. The van der Waals surface area contributed by atoms with Gasteiger partial charge < -0.3 is 9.73 Å². The summed E-state index contributed by atoms with van der Waals surface area (Å²) in [5.41, 5.74) is 0.121. The minimum atomic E-state index is 0.121. The fourth-order valence-electron chi connectivity index (χ4n) is 2.22. The Kier molecular flexibility index (Phi) is 6.28. The summed E-state index contributed by atoms with van der Waals surface area (Å²) in [6.07, 6.45) is 1.22. The molecule has 116 valence electrons. The van der Waals surface area contributed by atoms with Crippen molar-refractivity contribution in [2.24, 2.45) is 5.92 Å². The molecule has 1 N–H and O–H groups in total. The van der Waals surface area contributed by atoms with Gasteiger partial charge in [0.05, 0.1) is 13.1 Å². The highest BCUT2D eigenvalue weighted by Crippen LogP contribution is 2.15. The van der Waals surface area contributed by atoms with Crippen LogP contribution in [0.5, 0.6) is 0 Å². The van der Waals surface area contributed by atoms with Crippen LogP contribution >= 0.6 is 0 Å². The second-order valence-electron chi connectivity index (χ2n) is 7.37. The number of furan rings is 1. The van der Waals surface area contributed by atoms with Crippen LogP contribution in [-0.4, -0.2) is 23.5 Å². The molecule has 0 spiro atoms. The third kappa shape index (κ3) is 6.58. The number of nitrogens with zero attached hydrogens (tertiary/aromatic N) is 1. The molecule has 0 saturated heterocycles. The third-order valence-corrected chi connectivity index (χ3v) is 3.48. The van der Waals surface area contributed by atoms with Gasteiger partial charge in [0.15, 0.2) is 0 Å². The van der Waals surface area contributed by atoms with E-state index >= 15 is 0 Å². The monoisotopic (exact) mass is 280 g/mol. The maximum Gasteiger partial charge on any atom is 0.118 e. The molecule has 1 heterocycles. The maximum absolute atomic E-state index is 5.90. The lowest BCUT2D eigenvalue weighted by atomic mass is 10.0. The quantitative estimate of drug-likeness (QED) is 0.817. The highest BCUT2D eigenvalue weighted by atomic mass is 16.3. The summed E-state index contributed by atoms with van der Waals surface area (Å²) in [5.74, 6) is 2.80. The minimum absolute atomic E-state index is 0.121. The fourth-order valence-corrected chi connectivity index (χ4v) is 2.22. The van der Waals surface area contributed by atoms with Gasteiger partial charge in [-0.3, -0.25) is 4.90 Å². The van der Waals surface area contributed by atoms with Gasteiger partial charge in [0.2, 0.25) is 0 Å². The molecule has 1 aromatic rings. The summed E-state index contributed by atoms with van der Waals surface area (Å²) in [5, 5.41) is 3.45. The van der Waals surface area contributed by atoms with Crippen LogP contribution in [-0.2, 0) is 13.1 Å². The molecule has 1 rings (SSSR count). The smallest absolute Gasteiger partial charge is 0.118 e. The second-order valence-corrected chi connectivity index (χ2v) is 7.37. The van der Waals surface area contributed by atoms with Crippen molar-refractivity contribution in [2.75, 3.05) is 7.05 Å². The Hall–Kier alpha value is -0.800. The molecule has 1 atom stereocenters. The van der Waals surface area contributed by atoms with Crippen LogP contribution in [0.2, 0.25) is 0 Å². The van der Waals surface area contributed by atoms with Crippen LogP contribution in [0.1, 0.15) is 59.5 Å². The van der Waals surface area contributed by atoms with Gasteiger partial charge in [-0.1, -0.05) is 13.8 Å². The summed E-state index contributed by atoms with van der Waals surface area (Å²) in [4.78, 5) is 2.36. The van der Waals surface area contributed by atoms with E-state index in [0.29, 0.717) is 6.04 Å². The fraction of sp³-hybridized carbons (Fsp3) is 0.765. The topological polar surface area (TPSA) is 28.4 Å². The first-order valence-electron chi connectivity index (χ1n) is 7.70. The highest BCUT2D eigenvalue weighted by molar-refractivity contribution is 5.07. The molecule has 20 heavy (non-hydrogen) atoms. The molecule has 0 amide bonds. The van der Waals surface area contributed by atoms with Gasteiger partial charge in [-0.15, -0.1) is 0 Å². The van der Waals surface area contributed by atoms with Gasteiger partial charge in [-0.2, -0.15) is 0 Å². The molecule has 3 nitrogen and oxygen atoms in total. The number of rotatable bonds is 7. The molecular formula is C17H32N2O. The van der Waals surface area contributed by atoms with E-state index in [4.69, 9.17) is 4.42 Å². The molecule has 1 aromatic heterocycles. The lowest BCUT2D eigenvalue weighted by Gasteiger charge is -2.25. The van der Waals surface area contributed by atoms with E-state index in [1.54, 1.807) is 0 Å². The van der Waals surface area contributed by atoms with Crippen molar-refractivity contribution in [1.29, 1.82) is 0 Å². The van der Waals surface area contributed by atoms with Crippen LogP contribution in [0.3, 0.4) is 0 Å². The van der Waals surface area contributed by atoms with E-state index in [2.05, 4.69) is 70.9 Å². The van der Waals surface area contributed by atoms with Crippen molar-refractivity contribution in [3.8, 4) is 0 Å². The summed E-state index contributed by atoms with van der Waals surface area (Å²) < 4.78 is 5.90. The largest absolute Gasteiger partial charge is 0.463 e. The molecular weight excluding hydrogens is 248 g/mol. The standard InChI is InChI=1S/C17H32N2O/c1-13(2)10-14(3)19(7)12-16-9-8-15(20-16)11-18-17(4,5)6/h8-9,13-14,18H,10-12H2,1-7H3. The van der Waals surface area contributed by atoms with Crippen LogP contribution < -0.4 is 5.32 Å². The lowest BCUT2D eigenvalue weighted by molar-refractivity contribution is 0.203. The van der Waals surface area contributed by atoms with Crippen molar-refractivity contribution < 1.29 is 4.42 Å². The number of nitrogens with one attached hydrogen (secondary N) is 1. The predicted octanol–water partition coefficient (Wildman–Crippen LogP) is 4.03. The van der Waals surface area contributed by atoms with Gasteiger partial charge in [-0.05, 0) is 59.2 Å². The summed E-state index contributed by atoms with van der Waals surface area (Å²) in [6.45, 7) is 15.0. The van der Waals surface area contributed by atoms with E-state index in [1.165, 1.54) is 6.42 Å². The summed E-state index contributed by atoms with van der Waals surface area (Å²) >= 11 is 0. The maximum atomic E-state index is 5.90. The van der Waals surface area contributed by atoms with Crippen LogP contribution in [0.25, 0.3) is 0 Å². The first-order valence-corrected chi connectivity index (χ1v) is 7.70. The SMILES string of the molecule is CC(C)CC(C)N(C)Cc1ccc(CNC(C)(C)C)o1. The van der Waals surface area contributed by atoms with Crippen molar-refractivity contribution in [2.45, 2.75) is 72.6 Å². The van der Waals surface area contributed by atoms with Gasteiger partial charge in [-0.25, -0.2) is 0 Å². The molecule has 0 aliphatic carbocycles. The molecule has 3 heteroatoms. The summed E-state index contributed by atoms with van der Waals surface area (Å²) in [7, 11) is 2.17. The Morgan fingerprint density at radius 3 is 2.30 bits per heavy atom. The first-order chi connectivity index (χ1) is 9.17. The van der Waals surface area contributed by atoms with Crippen LogP contribution in [0, 0.1) is 5.92 Å². The third-order valence-electron chi connectivity index (χ3n) is 3.48. The average Bonchev–Trinajstić information content (AvgIpc) is 2.72. The normalized spacial score (nSPS) is 14.2. The molecule has 0 aliphatic rings. The molecule has 0 saturated carbocycles. The molecule has 0 bridgehead atoms. The van der Waals surface area contributed by atoms with E-state index in [1.807, 2.05) is 0 Å². The number of hydrogen-bond acceptors (Lipinski definition) is 3. The Bertz CT molecular complexity index is 390. The van der Waals surface area contributed by atoms with E-state index < -0.39 is 0 Å². The van der Waals surface area contributed by atoms with Crippen molar-refractivity contribution in [3.05, 3.63) is 23.7 Å². The van der Waals surface area contributed by atoms with E-state index in [-0.39, 0.29) is 5.54 Å². The zero-order valence-corrected chi connectivity index (χ0v) is 14.3. The molecule has 0 aliphatic heterocycles. The first kappa shape index (κ1) is 17.3. The zero-order valence-electron chi connectivity index (χ0n) is 14.3.